The van der Waals surface area contributed by atoms with Gasteiger partial charge in [0.25, 0.3) is 0 Å². The van der Waals surface area contributed by atoms with E-state index in [4.69, 9.17) is 0 Å². The summed E-state index contributed by atoms with van der Waals surface area (Å²) in [6, 6.07) is 9.23. The lowest BCUT2D eigenvalue weighted by molar-refractivity contribution is -0.187. The summed E-state index contributed by atoms with van der Waals surface area (Å²) in [5, 5.41) is 4.70. The molecule has 1 fully saturated rings. The molecule has 1 atom stereocenters. The number of benzene rings is 2. The van der Waals surface area contributed by atoms with E-state index in [0.29, 0.717) is 37.1 Å². The Morgan fingerprint density at radius 3 is 2.27 bits per heavy atom. The van der Waals surface area contributed by atoms with Gasteiger partial charge in [0.2, 0.25) is 0 Å². The summed E-state index contributed by atoms with van der Waals surface area (Å²) in [6.07, 6.45) is -4.28. The van der Waals surface area contributed by atoms with Crippen molar-refractivity contribution in [2.75, 3.05) is 26.2 Å². The summed E-state index contributed by atoms with van der Waals surface area (Å²) < 4.78 is 41.3. The SMILES string of the molecule is Cc1ccc([C@H](N2CCNCC2)C(F)(F)F)c2ccccc12. The van der Waals surface area contributed by atoms with Crippen LogP contribution in [0.4, 0.5) is 13.2 Å². The minimum Gasteiger partial charge on any atom is -0.314 e. The molecule has 0 amide bonds. The molecule has 0 spiro atoms. The molecule has 118 valence electrons. The number of fused-ring (bicyclic) bond motifs is 1. The highest BCUT2D eigenvalue weighted by Crippen LogP contribution is 2.41. The van der Waals surface area contributed by atoms with Gasteiger partial charge in [-0.1, -0.05) is 36.4 Å². The van der Waals surface area contributed by atoms with Gasteiger partial charge in [-0.25, -0.2) is 0 Å². The van der Waals surface area contributed by atoms with Crippen LogP contribution < -0.4 is 5.32 Å². The van der Waals surface area contributed by atoms with Gasteiger partial charge in [-0.2, -0.15) is 13.2 Å². The van der Waals surface area contributed by atoms with E-state index in [9.17, 15) is 13.2 Å². The molecule has 2 nitrogen and oxygen atoms in total. The van der Waals surface area contributed by atoms with Gasteiger partial charge in [0.1, 0.15) is 6.04 Å². The number of hydrogen-bond acceptors (Lipinski definition) is 2. The van der Waals surface area contributed by atoms with Gasteiger partial charge in [-0.3, -0.25) is 4.90 Å². The largest absolute Gasteiger partial charge is 0.408 e. The van der Waals surface area contributed by atoms with Crippen LogP contribution in [0.2, 0.25) is 0 Å². The van der Waals surface area contributed by atoms with Crippen molar-refractivity contribution >= 4 is 10.8 Å². The minimum absolute atomic E-state index is 0.357. The van der Waals surface area contributed by atoms with E-state index >= 15 is 0 Å². The Labute approximate surface area is 127 Å². The average molecular weight is 308 g/mol. The predicted molar refractivity (Wildman–Crippen MR) is 81.9 cm³/mol. The van der Waals surface area contributed by atoms with E-state index in [0.717, 1.165) is 10.9 Å². The molecule has 2 aromatic carbocycles. The Morgan fingerprint density at radius 2 is 1.64 bits per heavy atom. The van der Waals surface area contributed by atoms with Crippen LogP contribution in [0.3, 0.4) is 0 Å². The molecule has 0 aliphatic carbocycles. The average Bonchev–Trinajstić information content (AvgIpc) is 2.50. The monoisotopic (exact) mass is 308 g/mol. The maximum Gasteiger partial charge on any atom is 0.408 e. The second-order valence-electron chi connectivity index (χ2n) is 5.75. The van der Waals surface area contributed by atoms with Crippen molar-refractivity contribution in [2.24, 2.45) is 0 Å². The van der Waals surface area contributed by atoms with Crippen molar-refractivity contribution in [3.05, 3.63) is 47.5 Å². The van der Waals surface area contributed by atoms with Crippen LogP contribution in [0.1, 0.15) is 17.2 Å². The highest BCUT2D eigenvalue weighted by Gasteiger charge is 2.45. The lowest BCUT2D eigenvalue weighted by atomic mass is 9.94. The first kappa shape index (κ1) is 15.3. The van der Waals surface area contributed by atoms with Crippen LogP contribution in [0.15, 0.2) is 36.4 Å². The maximum atomic E-state index is 13.8. The highest BCUT2D eigenvalue weighted by atomic mass is 19.4. The Hall–Kier alpha value is -1.59. The first-order valence-corrected chi connectivity index (χ1v) is 7.48. The third-order valence-corrected chi connectivity index (χ3v) is 4.30. The van der Waals surface area contributed by atoms with Gasteiger partial charge < -0.3 is 5.32 Å². The van der Waals surface area contributed by atoms with Crippen molar-refractivity contribution < 1.29 is 13.2 Å². The van der Waals surface area contributed by atoms with Crippen LogP contribution >= 0.6 is 0 Å². The molecule has 1 aliphatic heterocycles. The molecule has 0 saturated carbocycles. The maximum absolute atomic E-state index is 13.8. The molecular formula is C17H19F3N2. The lowest BCUT2D eigenvalue weighted by Crippen LogP contribution is -2.49. The summed E-state index contributed by atoms with van der Waals surface area (Å²) in [5.41, 5.74) is 1.36. The van der Waals surface area contributed by atoms with Gasteiger partial charge in [0, 0.05) is 26.2 Å². The highest BCUT2D eigenvalue weighted by molar-refractivity contribution is 5.89. The van der Waals surface area contributed by atoms with Gasteiger partial charge in [0.05, 0.1) is 0 Å². The second-order valence-corrected chi connectivity index (χ2v) is 5.75. The fourth-order valence-corrected chi connectivity index (χ4v) is 3.23. The Kier molecular flexibility index (Phi) is 4.10. The standard InChI is InChI=1S/C17H19F3N2/c1-12-6-7-15(14-5-3-2-4-13(12)14)16(17(18,19)20)22-10-8-21-9-11-22/h2-7,16,21H,8-11H2,1H3/t16-/m0/s1. The lowest BCUT2D eigenvalue weighted by Gasteiger charge is -2.36. The molecule has 1 aliphatic rings. The Balaban J connectivity index is 2.14. The van der Waals surface area contributed by atoms with Gasteiger partial charge >= 0.3 is 6.18 Å². The number of rotatable bonds is 2. The smallest absolute Gasteiger partial charge is 0.314 e. The molecule has 22 heavy (non-hydrogen) atoms. The zero-order valence-electron chi connectivity index (χ0n) is 12.5. The van der Waals surface area contributed by atoms with E-state index in [1.54, 1.807) is 24.3 Å². The number of aryl methyl sites for hydroxylation is 1. The number of hydrogen-bond donors (Lipinski definition) is 1. The summed E-state index contributed by atoms with van der Waals surface area (Å²) >= 11 is 0. The molecule has 3 rings (SSSR count). The van der Waals surface area contributed by atoms with Crippen LogP contribution in [0, 0.1) is 6.92 Å². The first-order valence-electron chi connectivity index (χ1n) is 7.48. The van der Waals surface area contributed by atoms with E-state index in [-0.39, 0.29) is 0 Å². The summed E-state index contributed by atoms with van der Waals surface area (Å²) in [5.74, 6) is 0. The minimum atomic E-state index is -4.28. The topological polar surface area (TPSA) is 15.3 Å². The summed E-state index contributed by atoms with van der Waals surface area (Å²) in [4.78, 5) is 1.54. The first-order chi connectivity index (χ1) is 10.5. The molecule has 0 bridgehead atoms. The fourth-order valence-electron chi connectivity index (χ4n) is 3.23. The van der Waals surface area contributed by atoms with Crippen LogP contribution in [0.5, 0.6) is 0 Å². The fraction of sp³-hybridized carbons (Fsp3) is 0.412. The molecule has 1 N–H and O–H groups in total. The van der Waals surface area contributed by atoms with Gasteiger partial charge in [-0.05, 0) is 28.8 Å². The molecule has 5 heteroatoms. The van der Waals surface area contributed by atoms with Crippen molar-refractivity contribution in [3.8, 4) is 0 Å². The normalized spacial score (nSPS) is 18.5. The number of piperazine rings is 1. The van der Waals surface area contributed by atoms with E-state index in [2.05, 4.69) is 5.32 Å². The van der Waals surface area contributed by atoms with E-state index < -0.39 is 12.2 Å². The van der Waals surface area contributed by atoms with E-state index in [1.165, 1.54) is 4.90 Å². The van der Waals surface area contributed by atoms with Crippen LogP contribution in [-0.2, 0) is 0 Å². The molecule has 2 aromatic rings. The Morgan fingerprint density at radius 1 is 1.00 bits per heavy atom. The zero-order valence-corrected chi connectivity index (χ0v) is 12.5. The third kappa shape index (κ3) is 2.83. The molecule has 1 saturated heterocycles. The van der Waals surface area contributed by atoms with Gasteiger partial charge in [0.15, 0.2) is 0 Å². The Bertz CT molecular complexity index is 660. The van der Waals surface area contributed by atoms with Crippen molar-refractivity contribution in [1.82, 2.24) is 10.2 Å². The van der Waals surface area contributed by atoms with Crippen molar-refractivity contribution in [3.63, 3.8) is 0 Å². The summed E-state index contributed by atoms with van der Waals surface area (Å²) in [7, 11) is 0. The molecule has 0 unspecified atom stereocenters. The second kappa shape index (κ2) is 5.89. The van der Waals surface area contributed by atoms with Gasteiger partial charge in [-0.15, -0.1) is 0 Å². The van der Waals surface area contributed by atoms with E-state index in [1.807, 2.05) is 19.1 Å². The predicted octanol–water partition coefficient (Wildman–Crippen LogP) is 3.66. The van der Waals surface area contributed by atoms with Crippen LogP contribution in [-0.4, -0.2) is 37.3 Å². The van der Waals surface area contributed by atoms with Crippen molar-refractivity contribution in [2.45, 2.75) is 19.1 Å². The quantitative estimate of drug-likeness (QED) is 0.911. The van der Waals surface area contributed by atoms with Crippen LogP contribution in [0.25, 0.3) is 10.8 Å². The number of nitrogens with one attached hydrogen (secondary N) is 1. The zero-order chi connectivity index (χ0) is 15.7. The molecule has 0 aromatic heterocycles. The summed E-state index contributed by atoms with van der Waals surface area (Å²) in [6.45, 7) is 3.94. The number of nitrogens with zero attached hydrogens (tertiary/aromatic N) is 1. The number of alkyl halides is 3. The molecular weight excluding hydrogens is 289 g/mol. The molecule has 0 radical (unpaired) electrons. The number of halogens is 3. The van der Waals surface area contributed by atoms with Crippen molar-refractivity contribution in [1.29, 1.82) is 0 Å². The molecule has 1 heterocycles. The third-order valence-electron chi connectivity index (χ3n) is 4.30.